The number of nitrogens with zero attached hydrogens (tertiary/aromatic N) is 1. The quantitative estimate of drug-likeness (QED) is 0.395. The van der Waals surface area contributed by atoms with E-state index in [-0.39, 0.29) is 10.6 Å². The minimum Gasteiger partial charge on any atom is -0.399 e. The van der Waals surface area contributed by atoms with Gasteiger partial charge in [0.15, 0.2) is 0 Å². The van der Waals surface area contributed by atoms with Crippen molar-refractivity contribution in [2.45, 2.75) is 10.6 Å². The molecule has 0 aliphatic heterocycles. The van der Waals surface area contributed by atoms with Crippen LogP contribution in [-0.2, 0) is 5.75 Å². The molecule has 0 saturated heterocycles. The van der Waals surface area contributed by atoms with E-state index in [2.05, 4.69) is 0 Å². The average molecular weight is 260 g/mol. The van der Waals surface area contributed by atoms with E-state index in [0.29, 0.717) is 16.3 Å². The molecule has 0 aliphatic carbocycles. The van der Waals surface area contributed by atoms with Gasteiger partial charge in [0, 0.05) is 17.5 Å². The van der Waals surface area contributed by atoms with Crippen LogP contribution in [0.1, 0.15) is 5.56 Å². The van der Waals surface area contributed by atoms with Gasteiger partial charge in [-0.3, -0.25) is 10.1 Å². The van der Waals surface area contributed by atoms with E-state index >= 15 is 0 Å². The molecule has 92 valence electrons. The van der Waals surface area contributed by atoms with Crippen LogP contribution in [0.15, 0.2) is 53.4 Å². The molecule has 0 aromatic heterocycles. The second kappa shape index (κ2) is 5.55. The van der Waals surface area contributed by atoms with E-state index in [9.17, 15) is 10.1 Å². The first-order valence-corrected chi connectivity index (χ1v) is 6.36. The number of nitrogen functional groups attached to an aromatic ring is 1. The second-order valence-corrected chi connectivity index (χ2v) is 4.78. The summed E-state index contributed by atoms with van der Waals surface area (Å²) >= 11 is 1.42. The summed E-state index contributed by atoms with van der Waals surface area (Å²) in [5.41, 5.74) is 7.43. The summed E-state index contributed by atoms with van der Waals surface area (Å²) in [6.07, 6.45) is 0. The Hall–Kier alpha value is -2.01. The summed E-state index contributed by atoms with van der Waals surface area (Å²) in [7, 11) is 0. The van der Waals surface area contributed by atoms with Crippen LogP contribution in [0.3, 0.4) is 0 Å². The van der Waals surface area contributed by atoms with Crippen molar-refractivity contribution in [3.8, 4) is 0 Å². The van der Waals surface area contributed by atoms with Crippen molar-refractivity contribution >= 4 is 23.1 Å². The third-order valence-corrected chi connectivity index (χ3v) is 3.53. The Kier molecular flexibility index (Phi) is 3.84. The largest absolute Gasteiger partial charge is 0.399 e. The van der Waals surface area contributed by atoms with E-state index in [0.717, 1.165) is 5.56 Å². The van der Waals surface area contributed by atoms with Crippen molar-refractivity contribution in [1.29, 1.82) is 0 Å². The van der Waals surface area contributed by atoms with Crippen molar-refractivity contribution in [1.82, 2.24) is 0 Å². The molecule has 0 unspecified atom stereocenters. The fraction of sp³-hybridized carbons (Fsp3) is 0.0769. The van der Waals surface area contributed by atoms with Crippen molar-refractivity contribution in [2.24, 2.45) is 0 Å². The molecular weight excluding hydrogens is 248 g/mol. The molecule has 0 bridgehead atoms. The molecule has 0 spiro atoms. The van der Waals surface area contributed by atoms with Crippen LogP contribution in [0.25, 0.3) is 0 Å². The molecule has 0 heterocycles. The van der Waals surface area contributed by atoms with Crippen LogP contribution in [-0.4, -0.2) is 4.92 Å². The Morgan fingerprint density at radius 2 is 1.89 bits per heavy atom. The number of thioether (sulfide) groups is 1. The standard InChI is InChI=1S/C13H12N2O2S/c14-11-6-7-12(15(16)17)13(8-11)18-9-10-4-2-1-3-5-10/h1-8H,9,14H2. The first-order valence-electron chi connectivity index (χ1n) is 5.37. The molecule has 2 N–H and O–H groups in total. The minimum atomic E-state index is -0.382. The molecule has 5 heteroatoms. The highest BCUT2D eigenvalue weighted by Crippen LogP contribution is 2.32. The molecule has 0 radical (unpaired) electrons. The second-order valence-electron chi connectivity index (χ2n) is 3.76. The fourth-order valence-electron chi connectivity index (χ4n) is 1.53. The molecule has 0 amide bonds. The molecule has 2 rings (SSSR count). The maximum Gasteiger partial charge on any atom is 0.283 e. The van der Waals surface area contributed by atoms with E-state index in [1.54, 1.807) is 12.1 Å². The average Bonchev–Trinajstić information content (AvgIpc) is 2.37. The Morgan fingerprint density at radius 3 is 2.56 bits per heavy atom. The van der Waals surface area contributed by atoms with Crippen LogP contribution in [0.5, 0.6) is 0 Å². The molecule has 4 nitrogen and oxygen atoms in total. The lowest BCUT2D eigenvalue weighted by Crippen LogP contribution is -1.93. The highest BCUT2D eigenvalue weighted by atomic mass is 32.2. The van der Waals surface area contributed by atoms with E-state index in [4.69, 9.17) is 5.73 Å². The lowest BCUT2D eigenvalue weighted by atomic mass is 10.2. The van der Waals surface area contributed by atoms with Gasteiger partial charge in [0.1, 0.15) is 0 Å². The SMILES string of the molecule is Nc1ccc([N+](=O)[O-])c(SCc2ccccc2)c1. The van der Waals surface area contributed by atoms with Gasteiger partial charge in [0.05, 0.1) is 9.82 Å². The highest BCUT2D eigenvalue weighted by molar-refractivity contribution is 7.98. The van der Waals surface area contributed by atoms with Crippen LogP contribution < -0.4 is 5.73 Å². The summed E-state index contributed by atoms with van der Waals surface area (Å²) in [4.78, 5) is 11.1. The van der Waals surface area contributed by atoms with Gasteiger partial charge in [-0.25, -0.2) is 0 Å². The topological polar surface area (TPSA) is 69.2 Å². The van der Waals surface area contributed by atoms with Gasteiger partial charge in [-0.15, -0.1) is 11.8 Å². The molecule has 0 aliphatic rings. The Labute approximate surface area is 109 Å². The summed E-state index contributed by atoms with van der Waals surface area (Å²) in [6.45, 7) is 0. The number of nitro benzene ring substituents is 1. The Morgan fingerprint density at radius 1 is 1.17 bits per heavy atom. The van der Waals surface area contributed by atoms with Crippen LogP contribution in [0.4, 0.5) is 11.4 Å². The van der Waals surface area contributed by atoms with Gasteiger partial charge in [-0.05, 0) is 17.7 Å². The van der Waals surface area contributed by atoms with Gasteiger partial charge in [0.25, 0.3) is 5.69 Å². The van der Waals surface area contributed by atoms with Crippen molar-refractivity contribution in [3.05, 3.63) is 64.2 Å². The molecule has 0 saturated carbocycles. The van der Waals surface area contributed by atoms with Crippen LogP contribution in [0.2, 0.25) is 0 Å². The molecule has 2 aromatic rings. The smallest absolute Gasteiger partial charge is 0.283 e. The maximum absolute atomic E-state index is 10.9. The van der Waals surface area contributed by atoms with Gasteiger partial charge in [-0.1, -0.05) is 30.3 Å². The van der Waals surface area contributed by atoms with Gasteiger partial charge in [-0.2, -0.15) is 0 Å². The first kappa shape index (κ1) is 12.4. The molecule has 0 fully saturated rings. The molecule has 0 atom stereocenters. The van der Waals surface area contributed by atoms with E-state index < -0.39 is 0 Å². The predicted octanol–water partition coefficient (Wildman–Crippen LogP) is 3.47. The van der Waals surface area contributed by atoms with Crippen LogP contribution >= 0.6 is 11.8 Å². The van der Waals surface area contributed by atoms with Gasteiger partial charge in [0.2, 0.25) is 0 Å². The molecule has 18 heavy (non-hydrogen) atoms. The zero-order chi connectivity index (χ0) is 13.0. The van der Waals surface area contributed by atoms with Gasteiger partial charge < -0.3 is 5.73 Å². The summed E-state index contributed by atoms with van der Waals surface area (Å²) in [5.74, 6) is 0.686. The number of hydrogen-bond acceptors (Lipinski definition) is 4. The number of nitro groups is 1. The number of anilines is 1. The van der Waals surface area contributed by atoms with E-state index in [1.165, 1.54) is 17.8 Å². The number of benzene rings is 2. The zero-order valence-electron chi connectivity index (χ0n) is 9.58. The predicted molar refractivity (Wildman–Crippen MR) is 73.5 cm³/mol. The Balaban J connectivity index is 2.18. The monoisotopic (exact) mass is 260 g/mol. The maximum atomic E-state index is 10.9. The van der Waals surface area contributed by atoms with Crippen molar-refractivity contribution < 1.29 is 4.92 Å². The normalized spacial score (nSPS) is 10.2. The van der Waals surface area contributed by atoms with Crippen molar-refractivity contribution in [2.75, 3.05) is 5.73 Å². The molecular formula is C13H12N2O2S. The van der Waals surface area contributed by atoms with Gasteiger partial charge >= 0.3 is 0 Å². The fourth-order valence-corrected chi connectivity index (χ4v) is 2.56. The third-order valence-electron chi connectivity index (χ3n) is 2.42. The zero-order valence-corrected chi connectivity index (χ0v) is 10.4. The number of hydrogen-bond donors (Lipinski definition) is 1. The van der Waals surface area contributed by atoms with E-state index in [1.807, 2.05) is 30.3 Å². The summed E-state index contributed by atoms with van der Waals surface area (Å²) < 4.78 is 0. The first-order chi connectivity index (χ1) is 8.66. The highest BCUT2D eigenvalue weighted by Gasteiger charge is 2.13. The molecule has 2 aromatic carbocycles. The minimum absolute atomic E-state index is 0.102. The summed E-state index contributed by atoms with van der Waals surface area (Å²) in [6, 6.07) is 14.5. The Bertz CT molecular complexity index is 558. The lowest BCUT2D eigenvalue weighted by molar-refractivity contribution is -0.387. The summed E-state index contributed by atoms with van der Waals surface area (Å²) in [5, 5.41) is 10.9. The van der Waals surface area contributed by atoms with Crippen molar-refractivity contribution in [3.63, 3.8) is 0 Å². The number of nitrogens with two attached hydrogens (primary N) is 1. The number of rotatable bonds is 4. The third kappa shape index (κ3) is 3.01. The van der Waals surface area contributed by atoms with Crippen LogP contribution in [0, 0.1) is 10.1 Å². The lowest BCUT2D eigenvalue weighted by Gasteiger charge is -2.04.